The quantitative estimate of drug-likeness (QED) is 0.512. The number of rotatable bonds is 11. The average Bonchev–Trinajstić information content (AvgIpc) is 2.44. The van der Waals surface area contributed by atoms with Crippen LogP contribution in [0.4, 0.5) is 0 Å². The van der Waals surface area contributed by atoms with Gasteiger partial charge in [-0.15, -0.1) is 0 Å². The van der Waals surface area contributed by atoms with Crippen molar-refractivity contribution in [3.8, 4) is 0 Å². The molecule has 0 amide bonds. The van der Waals surface area contributed by atoms with E-state index in [1.807, 2.05) is 27.7 Å². The minimum atomic E-state index is -1.23. The van der Waals surface area contributed by atoms with Crippen LogP contribution in [0.25, 0.3) is 0 Å². The molecule has 0 fully saturated rings. The summed E-state index contributed by atoms with van der Waals surface area (Å²) >= 11 is 0. The van der Waals surface area contributed by atoms with Gasteiger partial charge in [0.25, 0.3) is 0 Å². The van der Waals surface area contributed by atoms with E-state index in [0.717, 1.165) is 12.8 Å². The van der Waals surface area contributed by atoms with Crippen molar-refractivity contribution in [2.75, 3.05) is 0 Å². The number of aliphatic carboxylic acids is 2. The molecule has 3 atom stereocenters. The van der Waals surface area contributed by atoms with Crippen LogP contribution >= 0.6 is 0 Å². The number of carboxylic acid groups (broad SMARTS) is 2. The minimum absolute atomic E-state index is 0.0450. The zero-order valence-electron chi connectivity index (χ0n) is 16.7. The van der Waals surface area contributed by atoms with Gasteiger partial charge in [-0.25, -0.2) is 0 Å². The lowest BCUT2D eigenvalue weighted by atomic mass is 9.51. The molecule has 0 aromatic heterocycles. The molecule has 0 aliphatic heterocycles. The summed E-state index contributed by atoms with van der Waals surface area (Å²) in [6.45, 7) is 14.0. The lowest BCUT2D eigenvalue weighted by Gasteiger charge is -2.50. The van der Waals surface area contributed by atoms with Crippen molar-refractivity contribution in [3.05, 3.63) is 0 Å². The summed E-state index contributed by atoms with van der Waals surface area (Å²) in [5.74, 6) is -2.10. The highest BCUT2D eigenvalue weighted by Crippen LogP contribution is 2.56. The summed E-state index contributed by atoms with van der Waals surface area (Å²) in [6, 6.07) is 0. The Labute approximate surface area is 148 Å². The zero-order valence-corrected chi connectivity index (χ0v) is 16.7. The first-order valence-electron chi connectivity index (χ1n) is 9.42. The van der Waals surface area contributed by atoms with E-state index in [1.54, 1.807) is 0 Å². The summed E-state index contributed by atoms with van der Waals surface area (Å²) in [4.78, 5) is 24.9. The van der Waals surface area contributed by atoms with Gasteiger partial charge < -0.3 is 10.2 Å². The first kappa shape index (κ1) is 22.9. The normalized spacial score (nSPS) is 18.5. The third-order valence-corrected chi connectivity index (χ3v) is 5.61. The lowest BCUT2D eigenvalue weighted by Crippen LogP contribution is -2.56. The fraction of sp³-hybridized carbons (Fsp3) is 0.900. The van der Waals surface area contributed by atoms with Crippen LogP contribution in [-0.2, 0) is 9.59 Å². The van der Waals surface area contributed by atoms with E-state index in [0.29, 0.717) is 32.1 Å². The molecule has 2 N–H and O–H groups in total. The second kappa shape index (κ2) is 8.87. The van der Waals surface area contributed by atoms with E-state index in [2.05, 4.69) is 20.8 Å². The van der Waals surface area contributed by atoms with E-state index in [4.69, 9.17) is 0 Å². The molecule has 0 aliphatic rings. The summed E-state index contributed by atoms with van der Waals surface area (Å²) in [6.07, 6.45) is 4.15. The van der Waals surface area contributed by atoms with Crippen LogP contribution in [-0.4, -0.2) is 22.2 Å². The van der Waals surface area contributed by atoms with Gasteiger partial charge in [-0.1, -0.05) is 67.7 Å². The third-order valence-electron chi connectivity index (χ3n) is 5.61. The molecule has 0 bridgehead atoms. The Hall–Kier alpha value is -1.06. The van der Waals surface area contributed by atoms with Crippen molar-refractivity contribution in [1.29, 1.82) is 0 Å². The highest BCUT2D eigenvalue weighted by molar-refractivity contribution is 5.87. The van der Waals surface area contributed by atoms with Gasteiger partial charge in [0.15, 0.2) is 0 Å². The summed E-state index contributed by atoms with van der Waals surface area (Å²) < 4.78 is 0. The maximum Gasteiger partial charge on any atom is 0.311 e. The molecule has 0 saturated carbocycles. The molecule has 142 valence electrons. The fourth-order valence-corrected chi connectivity index (χ4v) is 4.61. The van der Waals surface area contributed by atoms with Gasteiger partial charge in [-0.3, -0.25) is 9.59 Å². The number of unbranched alkanes of at least 4 members (excludes halogenated alkanes) is 1. The van der Waals surface area contributed by atoms with E-state index < -0.39 is 22.8 Å². The average molecular weight is 343 g/mol. The standard InChI is InChI=1S/C20H38O4/c1-8-11-13-19(10-3,16(21)22)20(12-9-2,17(23)24)15(4)14-18(5,6)7/h15H,8-14H2,1-7H3,(H,21,22)(H,23,24). The Kier molecular flexibility index (Phi) is 8.47. The first-order chi connectivity index (χ1) is 10.9. The van der Waals surface area contributed by atoms with Crippen molar-refractivity contribution in [2.24, 2.45) is 22.2 Å². The fourth-order valence-electron chi connectivity index (χ4n) is 4.61. The Morgan fingerprint density at radius 3 is 1.75 bits per heavy atom. The van der Waals surface area contributed by atoms with Gasteiger partial charge in [-0.2, -0.15) is 0 Å². The van der Waals surface area contributed by atoms with Crippen molar-refractivity contribution in [3.63, 3.8) is 0 Å². The maximum atomic E-state index is 12.5. The molecule has 0 saturated heterocycles. The van der Waals surface area contributed by atoms with Crippen LogP contribution in [0.2, 0.25) is 0 Å². The molecule has 0 radical (unpaired) electrons. The molecule has 0 aromatic rings. The molecule has 4 heteroatoms. The molecule has 0 rings (SSSR count). The molecular formula is C20H38O4. The van der Waals surface area contributed by atoms with E-state index in [-0.39, 0.29) is 11.3 Å². The van der Waals surface area contributed by atoms with Crippen LogP contribution in [0.5, 0.6) is 0 Å². The third kappa shape index (κ3) is 4.52. The van der Waals surface area contributed by atoms with Gasteiger partial charge in [-0.05, 0) is 37.0 Å². The molecule has 0 spiro atoms. The van der Waals surface area contributed by atoms with Crippen LogP contribution in [0.15, 0.2) is 0 Å². The maximum absolute atomic E-state index is 12.5. The monoisotopic (exact) mass is 342 g/mol. The van der Waals surface area contributed by atoms with Gasteiger partial charge in [0.2, 0.25) is 0 Å². The van der Waals surface area contributed by atoms with E-state index in [1.165, 1.54) is 0 Å². The van der Waals surface area contributed by atoms with Crippen LogP contribution in [0, 0.1) is 22.2 Å². The second-order valence-corrected chi connectivity index (χ2v) is 8.54. The predicted octanol–water partition coefficient (Wildman–Crippen LogP) is 5.60. The van der Waals surface area contributed by atoms with Crippen LogP contribution < -0.4 is 0 Å². The van der Waals surface area contributed by atoms with Crippen LogP contribution in [0.1, 0.15) is 93.4 Å². The number of hydrogen-bond acceptors (Lipinski definition) is 2. The molecule has 3 unspecified atom stereocenters. The molecule has 4 nitrogen and oxygen atoms in total. The molecule has 0 aliphatic carbocycles. The predicted molar refractivity (Wildman–Crippen MR) is 98.1 cm³/mol. The summed E-state index contributed by atoms with van der Waals surface area (Å²) in [7, 11) is 0. The Morgan fingerprint density at radius 1 is 0.917 bits per heavy atom. The van der Waals surface area contributed by atoms with Gasteiger partial charge >= 0.3 is 11.9 Å². The smallest absolute Gasteiger partial charge is 0.311 e. The van der Waals surface area contributed by atoms with Gasteiger partial charge in [0.1, 0.15) is 0 Å². The number of carbonyl (C=O) groups is 2. The first-order valence-corrected chi connectivity index (χ1v) is 9.42. The highest BCUT2D eigenvalue weighted by Gasteiger charge is 2.62. The van der Waals surface area contributed by atoms with Gasteiger partial charge in [0, 0.05) is 0 Å². The van der Waals surface area contributed by atoms with Crippen molar-refractivity contribution in [2.45, 2.75) is 93.4 Å². The Balaban J connectivity index is 6.39. The lowest BCUT2D eigenvalue weighted by molar-refractivity contribution is -0.185. The van der Waals surface area contributed by atoms with Crippen LogP contribution in [0.3, 0.4) is 0 Å². The minimum Gasteiger partial charge on any atom is -0.481 e. The molecule has 0 heterocycles. The molecular weight excluding hydrogens is 304 g/mol. The Morgan fingerprint density at radius 2 is 1.46 bits per heavy atom. The zero-order chi connectivity index (χ0) is 19.2. The topological polar surface area (TPSA) is 74.6 Å². The summed E-state index contributed by atoms with van der Waals surface area (Å²) in [5, 5.41) is 20.4. The highest BCUT2D eigenvalue weighted by atomic mass is 16.4. The van der Waals surface area contributed by atoms with Crippen molar-refractivity contribution >= 4 is 11.9 Å². The summed E-state index contributed by atoms with van der Waals surface area (Å²) in [5.41, 5.74) is -2.49. The number of carboxylic acids is 2. The van der Waals surface area contributed by atoms with E-state index in [9.17, 15) is 19.8 Å². The number of hydrogen-bond donors (Lipinski definition) is 2. The van der Waals surface area contributed by atoms with Gasteiger partial charge in [0.05, 0.1) is 10.8 Å². The second-order valence-electron chi connectivity index (χ2n) is 8.54. The largest absolute Gasteiger partial charge is 0.481 e. The SMILES string of the molecule is CCCCC(CC)(C(=O)O)C(CCC)(C(=O)O)C(C)CC(C)(C)C. The van der Waals surface area contributed by atoms with E-state index >= 15 is 0 Å². The van der Waals surface area contributed by atoms with Crippen molar-refractivity contribution < 1.29 is 19.8 Å². The molecule has 0 aromatic carbocycles. The Bertz CT molecular complexity index is 424. The van der Waals surface area contributed by atoms with Crippen molar-refractivity contribution in [1.82, 2.24) is 0 Å². The molecule has 24 heavy (non-hydrogen) atoms.